The van der Waals surface area contributed by atoms with Crippen LogP contribution in [0, 0.1) is 0 Å². The zero-order valence-electron chi connectivity index (χ0n) is 10.3. The van der Waals surface area contributed by atoms with E-state index in [2.05, 4.69) is 14.8 Å². The van der Waals surface area contributed by atoms with Gasteiger partial charge < -0.3 is 20.5 Å². The van der Waals surface area contributed by atoms with Gasteiger partial charge in [0, 0.05) is 6.04 Å². The Morgan fingerprint density at radius 3 is 2.68 bits per heavy atom. The SMILES string of the molecule is COC(=O)c1cc(N)c(NC2CC2)c(OC(F)F)c1. The molecule has 0 heterocycles. The number of nitrogens with one attached hydrogen (secondary N) is 1. The number of hydrogen-bond donors (Lipinski definition) is 2. The van der Waals surface area contributed by atoms with Gasteiger partial charge in [-0.15, -0.1) is 0 Å². The Labute approximate surface area is 108 Å². The Morgan fingerprint density at radius 2 is 2.16 bits per heavy atom. The summed E-state index contributed by atoms with van der Waals surface area (Å²) in [4.78, 5) is 11.4. The van der Waals surface area contributed by atoms with Gasteiger partial charge in [-0.05, 0) is 25.0 Å². The van der Waals surface area contributed by atoms with Gasteiger partial charge in [-0.2, -0.15) is 8.78 Å². The Bertz CT molecular complexity index is 490. The second-order valence-electron chi connectivity index (χ2n) is 4.23. The van der Waals surface area contributed by atoms with Gasteiger partial charge in [0.25, 0.3) is 0 Å². The van der Waals surface area contributed by atoms with Crippen LogP contribution in [0.15, 0.2) is 12.1 Å². The number of nitrogen functional groups attached to an aromatic ring is 1. The number of hydrogen-bond acceptors (Lipinski definition) is 5. The highest BCUT2D eigenvalue weighted by Gasteiger charge is 2.25. The first-order chi connectivity index (χ1) is 9.01. The fourth-order valence-corrected chi connectivity index (χ4v) is 1.65. The fraction of sp³-hybridized carbons (Fsp3) is 0.417. The molecular formula is C12H14F2N2O3. The molecule has 0 saturated heterocycles. The van der Waals surface area contributed by atoms with E-state index in [4.69, 9.17) is 5.73 Å². The molecule has 0 aliphatic heterocycles. The summed E-state index contributed by atoms with van der Waals surface area (Å²) < 4.78 is 33.7. The Morgan fingerprint density at radius 1 is 1.47 bits per heavy atom. The molecule has 5 nitrogen and oxygen atoms in total. The molecule has 7 heteroatoms. The lowest BCUT2D eigenvalue weighted by molar-refractivity contribution is -0.0494. The number of carbonyl (C=O) groups is 1. The third kappa shape index (κ3) is 3.24. The molecule has 19 heavy (non-hydrogen) atoms. The number of carbonyl (C=O) groups excluding carboxylic acids is 1. The summed E-state index contributed by atoms with van der Waals surface area (Å²) in [5, 5.41) is 3.01. The second kappa shape index (κ2) is 5.29. The van der Waals surface area contributed by atoms with Gasteiger partial charge in [0.15, 0.2) is 5.75 Å². The minimum atomic E-state index is -2.99. The van der Waals surface area contributed by atoms with Crippen molar-refractivity contribution in [3.05, 3.63) is 17.7 Å². The molecular weight excluding hydrogens is 258 g/mol. The van der Waals surface area contributed by atoms with Crippen molar-refractivity contribution in [2.45, 2.75) is 25.5 Å². The van der Waals surface area contributed by atoms with E-state index in [0.717, 1.165) is 12.8 Å². The van der Waals surface area contributed by atoms with E-state index in [1.165, 1.54) is 19.2 Å². The van der Waals surface area contributed by atoms with Crippen molar-refractivity contribution in [3.63, 3.8) is 0 Å². The van der Waals surface area contributed by atoms with Crippen LogP contribution in [0.2, 0.25) is 0 Å². The minimum absolute atomic E-state index is 0.0667. The number of rotatable bonds is 5. The lowest BCUT2D eigenvalue weighted by Gasteiger charge is -2.16. The first-order valence-corrected chi connectivity index (χ1v) is 5.74. The van der Waals surface area contributed by atoms with Crippen molar-refractivity contribution in [2.24, 2.45) is 0 Å². The topological polar surface area (TPSA) is 73.6 Å². The van der Waals surface area contributed by atoms with E-state index in [0.29, 0.717) is 0 Å². The number of alkyl halides is 2. The Hall–Kier alpha value is -2.05. The van der Waals surface area contributed by atoms with Gasteiger partial charge in [0.2, 0.25) is 0 Å². The quantitative estimate of drug-likeness (QED) is 0.635. The summed E-state index contributed by atoms with van der Waals surface area (Å²) in [7, 11) is 1.20. The van der Waals surface area contributed by atoms with Crippen LogP contribution in [-0.4, -0.2) is 25.7 Å². The monoisotopic (exact) mass is 272 g/mol. The fourth-order valence-electron chi connectivity index (χ4n) is 1.65. The standard InChI is InChI=1S/C12H14F2N2O3/c1-18-11(17)6-4-8(15)10(16-7-2-3-7)9(5-6)19-12(13)14/h4-5,7,12,16H,2-3,15H2,1H3. The molecule has 0 spiro atoms. The van der Waals surface area contributed by atoms with Crippen molar-refractivity contribution in [1.29, 1.82) is 0 Å². The van der Waals surface area contributed by atoms with E-state index in [9.17, 15) is 13.6 Å². The zero-order chi connectivity index (χ0) is 14.0. The van der Waals surface area contributed by atoms with Crippen molar-refractivity contribution >= 4 is 17.3 Å². The number of nitrogens with two attached hydrogens (primary N) is 1. The lowest BCUT2D eigenvalue weighted by atomic mass is 10.1. The molecule has 1 aliphatic rings. The van der Waals surface area contributed by atoms with E-state index in [-0.39, 0.29) is 28.7 Å². The third-order valence-corrected chi connectivity index (χ3v) is 2.70. The maximum Gasteiger partial charge on any atom is 0.387 e. The van der Waals surface area contributed by atoms with Crippen LogP contribution in [0.5, 0.6) is 5.75 Å². The summed E-state index contributed by atoms with van der Waals surface area (Å²) in [6, 6.07) is 2.78. The van der Waals surface area contributed by atoms with Crippen LogP contribution >= 0.6 is 0 Å². The molecule has 104 valence electrons. The van der Waals surface area contributed by atoms with E-state index in [1.807, 2.05) is 0 Å². The molecule has 1 saturated carbocycles. The molecule has 3 N–H and O–H groups in total. The minimum Gasteiger partial charge on any atom is -0.465 e. The van der Waals surface area contributed by atoms with Crippen molar-refractivity contribution < 1.29 is 23.0 Å². The van der Waals surface area contributed by atoms with Crippen molar-refractivity contribution in [1.82, 2.24) is 0 Å². The molecule has 1 aliphatic carbocycles. The van der Waals surface area contributed by atoms with Crippen LogP contribution in [0.25, 0.3) is 0 Å². The number of esters is 1. The highest BCUT2D eigenvalue weighted by molar-refractivity contribution is 5.93. The average molecular weight is 272 g/mol. The maximum absolute atomic E-state index is 12.4. The van der Waals surface area contributed by atoms with E-state index >= 15 is 0 Å². The zero-order valence-corrected chi connectivity index (χ0v) is 10.3. The molecule has 0 atom stereocenters. The smallest absolute Gasteiger partial charge is 0.387 e. The first kappa shape index (κ1) is 13.4. The molecule has 1 aromatic rings. The predicted octanol–water partition coefficient (Wildman–Crippen LogP) is 2.23. The highest BCUT2D eigenvalue weighted by atomic mass is 19.3. The third-order valence-electron chi connectivity index (χ3n) is 2.70. The van der Waals surface area contributed by atoms with Crippen molar-refractivity contribution in [2.75, 3.05) is 18.2 Å². The molecule has 2 rings (SSSR count). The molecule has 0 aromatic heterocycles. The summed E-state index contributed by atoms with van der Waals surface area (Å²) in [5.41, 5.74) is 6.30. The Kier molecular flexibility index (Phi) is 3.73. The molecule has 1 fully saturated rings. The first-order valence-electron chi connectivity index (χ1n) is 5.74. The number of benzene rings is 1. The van der Waals surface area contributed by atoms with Crippen LogP contribution < -0.4 is 15.8 Å². The number of halogens is 2. The van der Waals surface area contributed by atoms with Gasteiger partial charge >= 0.3 is 12.6 Å². The highest BCUT2D eigenvalue weighted by Crippen LogP contribution is 2.37. The maximum atomic E-state index is 12.4. The number of ether oxygens (including phenoxy) is 2. The van der Waals surface area contributed by atoms with Gasteiger partial charge in [-0.3, -0.25) is 0 Å². The summed E-state index contributed by atoms with van der Waals surface area (Å²) in [6.45, 7) is -2.99. The molecule has 0 bridgehead atoms. The molecule has 0 radical (unpaired) electrons. The molecule has 0 unspecified atom stereocenters. The predicted molar refractivity (Wildman–Crippen MR) is 65.5 cm³/mol. The van der Waals surface area contributed by atoms with Gasteiger partial charge in [0.1, 0.15) is 5.69 Å². The second-order valence-corrected chi connectivity index (χ2v) is 4.23. The van der Waals surface area contributed by atoms with Gasteiger partial charge in [0.05, 0.1) is 18.4 Å². The normalized spacial score (nSPS) is 14.3. The van der Waals surface area contributed by atoms with E-state index in [1.54, 1.807) is 0 Å². The lowest BCUT2D eigenvalue weighted by Crippen LogP contribution is -2.12. The molecule has 0 amide bonds. The van der Waals surface area contributed by atoms with Crippen LogP contribution in [0.4, 0.5) is 20.2 Å². The Balaban J connectivity index is 2.36. The van der Waals surface area contributed by atoms with E-state index < -0.39 is 12.6 Å². The largest absolute Gasteiger partial charge is 0.465 e. The van der Waals surface area contributed by atoms with Gasteiger partial charge in [-0.1, -0.05) is 0 Å². The molecule has 1 aromatic carbocycles. The van der Waals surface area contributed by atoms with Crippen LogP contribution in [0.1, 0.15) is 23.2 Å². The number of methoxy groups -OCH3 is 1. The summed E-state index contributed by atoms with van der Waals surface area (Å²) >= 11 is 0. The van der Waals surface area contributed by atoms with Crippen LogP contribution in [0.3, 0.4) is 0 Å². The average Bonchev–Trinajstić information content (AvgIpc) is 3.15. The van der Waals surface area contributed by atoms with Crippen molar-refractivity contribution in [3.8, 4) is 5.75 Å². The number of anilines is 2. The van der Waals surface area contributed by atoms with Crippen LogP contribution in [-0.2, 0) is 4.74 Å². The van der Waals surface area contributed by atoms with Gasteiger partial charge in [-0.25, -0.2) is 4.79 Å². The summed E-state index contributed by atoms with van der Waals surface area (Å²) in [5.74, 6) is -0.814. The summed E-state index contributed by atoms with van der Waals surface area (Å²) in [6.07, 6.45) is 1.90.